The van der Waals surface area contributed by atoms with Gasteiger partial charge in [0.25, 0.3) is 0 Å². The molecule has 0 amide bonds. The first kappa shape index (κ1) is 14.7. The SMILES string of the molecule is O=C(Oc1ccccc1F)C1=C(c2ccccc2)SCCO1. The minimum atomic E-state index is -0.684. The van der Waals surface area contributed by atoms with Crippen molar-refractivity contribution < 1.29 is 18.7 Å². The fourth-order valence-electron chi connectivity index (χ4n) is 2.05. The molecule has 3 nitrogen and oxygen atoms in total. The van der Waals surface area contributed by atoms with Gasteiger partial charge in [0, 0.05) is 5.75 Å². The van der Waals surface area contributed by atoms with E-state index in [0.717, 1.165) is 11.3 Å². The number of ether oxygens (including phenoxy) is 2. The predicted octanol–water partition coefficient (Wildman–Crippen LogP) is 3.86. The van der Waals surface area contributed by atoms with Gasteiger partial charge >= 0.3 is 5.97 Å². The van der Waals surface area contributed by atoms with Crippen LogP contribution >= 0.6 is 11.8 Å². The van der Waals surface area contributed by atoms with E-state index in [1.807, 2.05) is 30.3 Å². The number of rotatable bonds is 3. The Morgan fingerprint density at radius 1 is 1.09 bits per heavy atom. The van der Waals surface area contributed by atoms with E-state index in [9.17, 15) is 9.18 Å². The van der Waals surface area contributed by atoms with Gasteiger partial charge in [-0.2, -0.15) is 0 Å². The van der Waals surface area contributed by atoms with Crippen LogP contribution < -0.4 is 4.74 Å². The van der Waals surface area contributed by atoms with E-state index >= 15 is 0 Å². The molecule has 0 atom stereocenters. The van der Waals surface area contributed by atoms with Crippen LogP contribution in [0, 0.1) is 5.82 Å². The van der Waals surface area contributed by atoms with Crippen molar-refractivity contribution in [2.24, 2.45) is 0 Å². The lowest BCUT2D eigenvalue weighted by Gasteiger charge is -2.19. The minimum absolute atomic E-state index is 0.105. The summed E-state index contributed by atoms with van der Waals surface area (Å²) in [7, 11) is 0. The minimum Gasteiger partial charge on any atom is -0.485 e. The Hall–Kier alpha value is -2.27. The summed E-state index contributed by atoms with van der Waals surface area (Å²) in [6.45, 7) is 0.419. The maximum absolute atomic E-state index is 13.6. The molecular formula is C17H13FO3S. The van der Waals surface area contributed by atoms with Gasteiger partial charge in [-0.1, -0.05) is 42.5 Å². The Bertz CT molecular complexity index is 713. The van der Waals surface area contributed by atoms with Crippen molar-refractivity contribution in [2.45, 2.75) is 0 Å². The number of para-hydroxylation sites is 1. The van der Waals surface area contributed by atoms with Gasteiger partial charge < -0.3 is 9.47 Å². The van der Waals surface area contributed by atoms with Crippen LogP contribution in [0.3, 0.4) is 0 Å². The van der Waals surface area contributed by atoms with Crippen molar-refractivity contribution in [3.05, 3.63) is 71.7 Å². The fourth-order valence-corrected chi connectivity index (χ4v) is 2.99. The average molecular weight is 316 g/mol. The van der Waals surface area contributed by atoms with Crippen molar-refractivity contribution in [1.82, 2.24) is 0 Å². The summed E-state index contributed by atoms with van der Waals surface area (Å²) < 4.78 is 24.2. The van der Waals surface area contributed by atoms with Crippen LogP contribution in [-0.2, 0) is 9.53 Å². The zero-order valence-electron chi connectivity index (χ0n) is 11.6. The van der Waals surface area contributed by atoms with Crippen LogP contribution in [0.1, 0.15) is 5.56 Å². The number of halogens is 1. The van der Waals surface area contributed by atoms with Crippen LogP contribution in [-0.4, -0.2) is 18.3 Å². The van der Waals surface area contributed by atoms with Crippen molar-refractivity contribution in [3.8, 4) is 5.75 Å². The van der Waals surface area contributed by atoms with Crippen molar-refractivity contribution in [3.63, 3.8) is 0 Å². The largest absolute Gasteiger partial charge is 0.485 e. The van der Waals surface area contributed by atoms with Crippen LogP contribution in [0.25, 0.3) is 4.91 Å². The van der Waals surface area contributed by atoms with Gasteiger partial charge in [-0.05, 0) is 17.7 Å². The Morgan fingerprint density at radius 3 is 2.59 bits per heavy atom. The van der Waals surface area contributed by atoms with Crippen molar-refractivity contribution in [1.29, 1.82) is 0 Å². The molecule has 0 unspecified atom stereocenters. The van der Waals surface area contributed by atoms with E-state index < -0.39 is 11.8 Å². The monoisotopic (exact) mass is 316 g/mol. The van der Waals surface area contributed by atoms with Crippen LogP contribution in [0.5, 0.6) is 5.75 Å². The normalized spacial score (nSPS) is 14.4. The quantitative estimate of drug-likeness (QED) is 0.636. The maximum Gasteiger partial charge on any atom is 0.380 e. The summed E-state index contributed by atoms with van der Waals surface area (Å²) in [5.74, 6) is -0.490. The number of hydrogen-bond acceptors (Lipinski definition) is 4. The highest BCUT2D eigenvalue weighted by molar-refractivity contribution is 8.08. The Kier molecular flexibility index (Phi) is 4.44. The second kappa shape index (κ2) is 6.66. The zero-order valence-corrected chi connectivity index (χ0v) is 12.4. The van der Waals surface area contributed by atoms with Gasteiger partial charge in [-0.15, -0.1) is 11.8 Å². The van der Waals surface area contributed by atoms with Gasteiger partial charge in [0.15, 0.2) is 11.6 Å². The molecule has 112 valence electrons. The molecule has 22 heavy (non-hydrogen) atoms. The smallest absolute Gasteiger partial charge is 0.380 e. The van der Waals surface area contributed by atoms with Gasteiger partial charge in [-0.3, -0.25) is 0 Å². The molecule has 0 aromatic heterocycles. The highest BCUT2D eigenvalue weighted by Gasteiger charge is 2.25. The standard InChI is InChI=1S/C17H13FO3S/c18-13-8-4-5-9-14(13)21-17(19)15-16(22-11-10-20-15)12-6-2-1-3-7-12/h1-9H,10-11H2. The molecule has 1 aliphatic heterocycles. The van der Waals surface area contributed by atoms with Crippen LogP contribution in [0.4, 0.5) is 4.39 Å². The van der Waals surface area contributed by atoms with Gasteiger partial charge in [0.05, 0.1) is 11.5 Å². The zero-order chi connectivity index (χ0) is 15.4. The van der Waals surface area contributed by atoms with Crippen molar-refractivity contribution >= 4 is 22.6 Å². The molecular weight excluding hydrogens is 303 g/mol. The van der Waals surface area contributed by atoms with E-state index in [4.69, 9.17) is 9.47 Å². The van der Waals surface area contributed by atoms with Gasteiger partial charge in [0.2, 0.25) is 5.76 Å². The molecule has 0 saturated heterocycles. The number of carbonyl (C=O) groups excluding carboxylic acids is 1. The van der Waals surface area contributed by atoms with E-state index in [2.05, 4.69) is 0 Å². The number of thioether (sulfide) groups is 1. The summed E-state index contributed by atoms with van der Waals surface area (Å²) >= 11 is 1.53. The number of esters is 1. The molecule has 3 rings (SSSR count). The highest BCUT2D eigenvalue weighted by Crippen LogP contribution is 2.35. The molecule has 5 heteroatoms. The molecule has 0 aliphatic carbocycles. The molecule has 0 fully saturated rings. The molecule has 0 bridgehead atoms. The Labute approximate surface area is 131 Å². The average Bonchev–Trinajstić information content (AvgIpc) is 2.58. The molecule has 0 spiro atoms. The summed E-state index contributed by atoms with van der Waals surface area (Å²) in [6, 6.07) is 15.3. The number of benzene rings is 2. The first-order chi connectivity index (χ1) is 10.8. The summed E-state index contributed by atoms with van der Waals surface area (Å²) in [6.07, 6.45) is 0. The van der Waals surface area contributed by atoms with Crippen LogP contribution in [0.2, 0.25) is 0 Å². The molecule has 1 heterocycles. The third kappa shape index (κ3) is 3.14. The molecule has 1 aliphatic rings. The molecule has 0 radical (unpaired) electrons. The second-order valence-corrected chi connectivity index (χ2v) is 5.65. The summed E-state index contributed by atoms with van der Waals surface area (Å²) in [5, 5.41) is 0. The molecule has 0 N–H and O–H groups in total. The van der Waals surface area contributed by atoms with E-state index in [1.54, 1.807) is 6.07 Å². The van der Waals surface area contributed by atoms with Gasteiger partial charge in [-0.25, -0.2) is 9.18 Å². The first-order valence-corrected chi connectivity index (χ1v) is 7.76. The van der Waals surface area contributed by atoms with E-state index in [-0.39, 0.29) is 11.5 Å². The summed E-state index contributed by atoms with van der Waals surface area (Å²) in [5.41, 5.74) is 0.882. The third-order valence-corrected chi connectivity index (χ3v) is 4.12. The lowest BCUT2D eigenvalue weighted by Crippen LogP contribution is -2.19. The highest BCUT2D eigenvalue weighted by atomic mass is 32.2. The Morgan fingerprint density at radius 2 is 1.82 bits per heavy atom. The lowest BCUT2D eigenvalue weighted by molar-refractivity contribution is -0.134. The molecule has 0 saturated carbocycles. The van der Waals surface area contributed by atoms with Crippen molar-refractivity contribution in [2.75, 3.05) is 12.4 Å². The first-order valence-electron chi connectivity index (χ1n) is 6.77. The fraction of sp³-hybridized carbons (Fsp3) is 0.118. The lowest BCUT2D eigenvalue weighted by atomic mass is 10.2. The second-order valence-electron chi connectivity index (χ2n) is 4.54. The number of hydrogen-bond donors (Lipinski definition) is 0. The molecule has 2 aromatic rings. The van der Waals surface area contributed by atoms with E-state index in [0.29, 0.717) is 11.5 Å². The Balaban J connectivity index is 1.91. The number of carbonyl (C=O) groups is 1. The maximum atomic E-state index is 13.6. The topological polar surface area (TPSA) is 35.5 Å². The van der Waals surface area contributed by atoms with E-state index in [1.165, 1.54) is 30.0 Å². The predicted molar refractivity (Wildman–Crippen MR) is 83.8 cm³/mol. The summed E-state index contributed by atoms with van der Waals surface area (Å²) in [4.78, 5) is 13.0. The third-order valence-electron chi connectivity index (χ3n) is 3.04. The van der Waals surface area contributed by atoms with Gasteiger partial charge in [0.1, 0.15) is 0 Å². The molecule has 2 aromatic carbocycles. The van der Waals surface area contributed by atoms with Crippen LogP contribution in [0.15, 0.2) is 60.4 Å².